The van der Waals surface area contributed by atoms with Crippen LogP contribution in [0.1, 0.15) is 11.4 Å². The van der Waals surface area contributed by atoms with Crippen LogP contribution in [0.2, 0.25) is 0 Å². The summed E-state index contributed by atoms with van der Waals surface area (Å²) in [5.41, 5.74) is -2.90. The average Bonchev–Trinajstić information content (AvgIpc) is 3.13. The summed E-state index contributed by atoms with van der Waals surface area (Å²) in [6.07, 6.45) is -4.83. The monoisotopic (exact) mass is 465 g/mol. The van der Waals surface area contributed by atoms with Gasteiger partial charge in [-0.25, -0.2) is 9.36 Å². The van der Waals surface area contributed by atoms with Crippen LogP contribution in [0.5, 0.6) is 0 Å². The molecule has 0 radical (unpaired) electrons. The van der Waals surface area contributed by atoms with E-state index < -0.39 is 34.3 Å². The van der Waals surface area contributed by atoms with E-state index in [0.29, 0.717) is 31.2 Å². The third-order valence-electron chi connectivity index (χ3n) is 4.67. The zero-order chi connectivity index (χ0) is 22.3. The lowest BCUT2D eigenvalue weighted by Gasteiger charge is -2.14. The van der Waals surface area contributed by atoms with Crippen molar-refractivity contribution in [3.8, 4) is 5.69 Å². The minimum Gasteiger partial charge on any atom is -0.611 e. The molecule has 1 atom stereocenters. The van der Waals surface area contributed by atoms with Gasteiger partial charge in [0.25, 0.3) is 5.56 Å². The van der Waals surface area contributed by atoms with Gasteiger partial charge in [-0.3, -0.25) is 9.36 Å². The van der Waals surface area contributed by atoms with Crippen LogP contribution >= 0.6 is 11.5 Å². The zero-order valence-electron chi connectivity index (χ0n) is 15.9. The highest BCUT2D eigenvalue weighted by Gasteiger charge is 2.35. The number of fused-ring (bicyclic) bond motifs is 1. The van der Waals surface area contributed by atoms with Crippen LogP contribution in [-0.2, 0) is 30.2 Å². The van der Waals surface area contributed by atoms with E-state index in [9.17, 15) is 27.3 Å². The second kappa shape index (κ2) is 7.98. The van der Waals surface area contributed by atoms with E-state index in [-0.39, 0.29) is 11.4 Å². The first-order valence-electron chi connectivity index (χ1n) is 8.89. The Morgan fingerprint density at radius 2 is 1.81 bits per heavy atom. The molecule has 0 bridgehead atoms. The van der Waals surface area contributed by atoms with E-state index in [2.05, 4.69) is 4.37 Å². The number of rotatable bonds is 4. The Hall–Kier alpha value is -2.89. The predicted molar refractivity (Wildman–Crippen MR) is 112 cm³/mol. The van der Waals surface area contributed by atoms with E-state index in [1.807, 2.05) is 6.07 Å². The van der Waals surface area contributed by atoms with Crippen molar-refractivity contribution in [2.24, 2.45) is 7.05 Å². The van der Waals surface area contributed by atoms with Crippen LogP contribution in [-0.4, -0.2) is 18.1 Å². The molecule has 2 aromatic carbocycles. The van der Waals surface area contributed by atoms with E-state index >= 15 is 0 Å². The second-order valence-corrected chi connectivity index (χ2v) is 8.91. The molecular weight excluding hydrogens is 451 g/mol. The van der Waals surface area contributed by atoms with Gasteiger partial charge in [-0.1, -0.05) is 18.2 Å². The normalized spacial score (nSPS) is 12.9. The summed E-state index contributed by atoms with van der Waals surface area (Å²) in [5.74, 6) is 0.118. The van der Waals surface area contributed by atoms with Gasteiger partial charge in [0.05, 0.1) is 10.4 Å². The summed E-state index contributed by atoms with van der Waals surface area (Å²) in [6.45, 7) is 0. The molecule has 0 fully saturated rings. The molecule has 0 amide bonds. The van der Waals surface area contributed by atoms with E-state index in [0.717, 1.165) is 11.7 Å². The fourth-order valence-electron chi connectivity index (χ4n) is 3.13. The fraction of sp³-hybridized carbons (Fsp3) is 0.150. The van der Waals surface area contributed by atoms with Crippen molar-refractivity contribution < 1.29 is 17.7 Å². The summed E-state index contributed by atoms with van der Waals surface area (Å²) in [4.78, 5) is 25.5. The number of nitrogens with zero attached hydrogens (tertiary/aromatic N) is 3. The van der Waals surface area contributed by atoms with Gasteiger partial charge in [-0.2, -0.15) is 17.5 Å². The molecule has 11 heteroatoms. The molecule has 4 rings (SSSR count). The standard InChI is InChI=1S/C20H14F3N3O3S2/c1-25-17(20(21,22)23)10-18(27)26(19(25)28)12-7-8-16-14(9-12)15(24-30-16)11-31(29)13-5-3-2-4-6-13/h2-10H,11H2,1H3. The van der Waals surface area contributed by atoms with Crippen LogP contribution in [0.3, 0.4) is 0 Å². The predicted octanol–water partition coefficient (Wildman–Crippen LogP) is 3.47. The van der Waals surface area contributed by atoms with Crippen LogP contribution in [0, 0.1) is 0 Å². The van der Waals surface area contributed by atoms with Crippen molar-refractivity contribution in [3.05, 3.63) is 86.8 Å². The molecule has 31 heavy (non-hydrogen) atoms. The summed E-state index contributed by atoms with van der Waals surface area (Å²) >= 11 is -0.192. The molecule has 0 saturated heterocycles. The quantitative estimate of drug-likeness (QED) is 0.433. The number of halogens is 3. The number of aromatic nitrogens is 3. The fourth-order valence-corrected chi connectivity index (χ4v) is 5.09. The summed E-state index contributed by atoms with van der Waals surface area (Å²) < 4.78 is 58.0. The Morgan fingerprint density at radius 1 is 1.10 bits per heavy atom. The largest absolute Gasteiger partial charge is 0.611 e. The number of hydrogen-bond acceptors (Lipinski definition) is 5. The van der Waals surface area contributed by atoms with Crippen LogP contribution in [0.15, 0.2) is 69.1 Å². The molecule has 6 nitrogen and oxygen atoms in total. The third kappa shape index (κ3) is 4.03. The first-order valence-corrected chi connectivity index (χ1v) is 11.0. The topological polar surface area (TPSA) is 79.9 Å². The van der Waals surface area contributed by atoms with Crippen molar-refractivity contribution in [1.29, 1.82) is 0 Å². The molecule has 0 N–H and O–H groups in total. The minimum absolute atomic E-state index is 0.110. The number of alkyl halides is 3. The van der Waals surface area contributed by atoms with Gasteiger partial charge in [-0.15, -0.1) is 0 Å². The first kappa shape index (κ1) is 21.3. The smallest absolute Gasteiger partial charge is 0.431 e. The van der Waals surface area contributed by atoms with Crippen LogP contribution < -0.4 is 11.2 Å². The van der Waals surface area contributed by atoms with E-state index in [1.54, 1.807) is 30.3 Å². The molecule has 0 saturated carbocycles. The highest BCUT2D eigenvalue weighted by Crippen LogP contribution is 2.29. The molecule has 0 spiro atoms. The SMILES string of the molecule is Cn1c(C(F)(F)F)cc(=O)n(-c2ccc3snc(C[S+]([O-])c4ccccc4)c3c2)c1=O. The molecule has 4 aromatic rings. The molecule has 1 unspecified atom stereocenters. The lowest BCUT2D eigenvalue weighted by Crippen LogP contribution is -2.40. The van der Waals surface area contributed by atoms with Crippen molar-refractivity contribution in [2.45, 2.75) is 16.8 Å². The molecular formula is C20H14F3N3O3S2. The number of benzene rings is 2. The molecule has 0 aliphatic carbocycles. The Morgan fingerprint density at radius 3 is 2.48 bits per heavy atom. The van der Waals surface area contributed by atoms with Crippen LogP contribution in [0.25, 0.3) is 15.8 Å². The van der Waals surface area contributed by atoms with Crippen molar-refractivity contribution in [2.75, 3.05) is 0 Å². The molecule has 160 valence electrons. The van der Waals surface area contributed by atoms with Crippen molar-refractivity contribution in [1.82, 2.24) is 13.5 Å². The summed E-state index contributed by atoms with van der Waals surface area (Å²) in [5, 5.41) is 0.584. The molecule has 0 aliphatic rings. The molecule has 2 aromatic heterocycles. The summed E-state index contributed by atoms with van der Waals surface area (Å²) in [6, 6.07) is 13.8. The second-order valence-electron chi connectivity index (χ2n) is 6.66. The van der Waals surface area contributed by atoms with Crippen molar-refractivity contribution >= 4 is 32.8 Å². The number of hydrogen-bond donors (Lipinski definition) is 0. The van der Waals surface area contributed by atoms with Gasteiger partial charge in [0.2, 0.25) is 0 Å². The Balaban J connectivity index is 1.79. The third-order valence-corrected chi connectivity index (χ3v) is 6.87. The Bertz CT molecular complexity index is 1380. The first-order chi connectivity index (χ1) is 14.7. The zero-order valence-corrected chi connectivity index (χ0v) is 17.6. The Labute approximate surface area is 180 Å². The summed E-state index contributed by atoms with van der Waals surface area (Å²) in [7, 11) is 0.959. The maximum atomic E-state index is 13.1. The van der Waals surface area contributed by atoms with E-state index in [1.165, 1.54) is 23.7 Å². The Kier molecular flexibility index (Phi) is 5.50. The maximum Gasteiger partial charge on any atom is 0.431 e. The van der Waals surface area contributed by atoms with Crippen LogP contribution in [0.4, 0.5) is 13.2 Å². The van der Waals surface area contributed by atoms with Gasteiger partial charge < -0.3 is 4.55 Å². The maximum absolute atomic E-state index is 13.1. The van der Waals surface area contributed by atoms with E-state index in [4.69, 9.17) is 0 Å². The minimum atomic E-state index is -4.83. The van der Waals surface area contributed by atoms with Gasteiger partial charge in [-0.05, 0) is 53.0 Å². The van der Waals surface area contributed by atoms with Crippen molar-refractivity contribution in [3.63, 3.8) is 0 Å². The molecule has 0 aliphatic heterocycles. The van der Waals surface area contributed by atoms with Gasteiger partial charge >= 0.3 is 11.9 Å². The highest BCUT2D eigenvalue weighted by atomic mass is 32.2. The van der Waals surface area contributed by atoms with Gasteiger partial charge in [0.15, 0.2) is 10.6 Å². The van der Waals surface area contributed by atoms with Gasteiger partial charge in [0, 0.05) is 18.5 Å². The highest BCUT2D eigenvalue weighted by molar-refractivity contribution is 7.90. The lowest BCUT2D eigenvalue weighted by molar-refractivity contribution is -0.144. The lowest BCUT2D eigenvalue weighted by atomic mass is 10.2. The molecule has 2 heterocycles. The van der Waals surface area contributed by atoms with Gasteiger partial charge in [0.1, 0.15) is 11.4 Å². The average molecular weight is 465 g/mol.